The van der Waals surface area contributed by atoms with Crippen LogP contribution in [0.5, 0.6) is 17.2 Å². The molecule has 0 aromatic heterocycles. The number of anilines is 1. The molecule has 3 rings (SSSR count). The number of nitrogens with zero attached hydrogens (tertiary/aromatic N) is 1. The predicted molar refractivity (Wildman–Crippen MR) is 129 cm³/mol. The lowest BCUT2D eigenvalue weighted by Crippen LogP contribution is -2.54. The molecule has 8 heteroatoms. The second-order valence-corrected chi connectivity index (χ2v) is 7.96. The van der Waals surface area contributed by atoms with Crippen LogP contribution in [0.25, 0.3) is 6.08 Å². The van der Waals surface area contributed by atoms with Crippen molar-refractivity contribution >= 4 is 29.6 Å². The van der Waals surface area contributed by atoms with E-state index < -0.39 is 17.8 Å². The lowest BCUT2D eigenvalue weighted by molar-refractivity contribution is -0.122. The van der Waals surface area contributed by atoms with Gasteiger partial charge in [0, 0.05) is 0 Å². The minimum Gasteiger partial charge on any atom is -0.494 e. The summed E-state index contributed by atoms with van der Waals surface area (Å²) >= 11 is 0. The molecule has 8 nitrogen and oxygen atoms in total. The maximum Gasteiger partial charge on any atom is 0.335 e. The summed E-state index contributed by atoms with van der Waals surface area (Å²) in [6.45, 7) is 8.76. The summed E-state index contributed by atoms with van der Waals surface area (Å²) in [7, 11) is 0. The summed E-state index contributed by atoms with van der Waals surface area (Å²) in [6.07, 6.45) is 3.34. The van der Waals surface area contributed by atoms with E-state index in [1.54, 1.807) is 42.5 Å². The second kappa shape index (κ2) is 11.4. The number of amides is 4. The Kier molecular flexibility index (Phi) is 8.29. The van der Waals surface area contributed by atoms with Crippen LogP contribution in [-0.4, -0.2) is 37.2 Å². The summed E-state index contributed by atoms with van der Waals surface area (Å²) in [5, 5.41) is 2.23. The third-order valence-electron chi connectivity index (χ3n) is 4.90. The number of barbiturate groups is 1. The number of carbonyl (C=O) groups is 3. The van der Waals surface area contributed by atoms with Crippen LogP contribution in [0.15, 0.2) is 48.0 Å². The number of urea groups is 1. The number of imide groups is 2. The molecule has 0 aliphatic carbocycles. The Morgan fingerprint density at radius 1 is 0.971 bits per heavy atom. The van der Waals surface area contributed by atoms with Crippen LogP contribution in [0, 0.1) is 0 Å². The van der Waals surface area contributed by atoms with Gasteiger partial charge in [-0.1, -0.05) is 19.4 Å². The molecule has 1 N–H and O–H groups in total. The fourth-order valence-corrected chi connectivity index (χ4v) is 3.32. The molecule has 0 radical (unpaired) electrons. The Hall–Kier alpha value is -3.81. The van der Waals surface area contributed by atoms with Crippen LogP contribution in [0.1, 0.15) is 46.1 Å². The minimum atomic E-state index is -0.803. The van der Waals surface area contributed by atoms with Gasteiger partial charge in [-0.05, 0) is 75.2 Å². The number of rotatable bonds is 10. The van der Waals surface area contributed by atoms with Crippen molar-refractivity contribution in [1.82, 2.24) is 5.32 Å². The summed E-state index contributed by atoms with van der Waals surface area (Å²) in [5.74, 6) is 0.235. The molecular weight excluding hydrogens is 436 g/mol. The number of benzene rings is 2. The van der Waals surface area contributed by atoms with E-state index >= 15 is 0 Å². The molecule has 2 aromatic rings. The van der Waals surface area contributed by atoms with Gasteiger partial charge >= 0.3 is 6.03 Å². The monoisotopic (exact) mass is 466 g/mol. The first kappa shape index (κ1) is 24.8. The van der Waals surface area contributed by atoms with Gasteiger partial charge in [0.15, 0.2) is 11.5 Å². The Morgan fingerprint density at radius 3 is 2.35 bits per heavy atom. The first-order valence-corrected chi connectivity index (χ1v) is 11.4. The number of nitrogens with one attached hydrogen (secondary N) is 1. The van der Waals surface area contributed by atoms with Crippen LogP contribution in [0.4, 0.5) is 10.5 Å². The van der Waals surface area contributed by atoms with Gasteiger partial charge in [-0.3, -0.25) is 14.9 Å². The SMILES string of the molecule is CCCCOc1ccc(N2C(=O)NC(=O)/C(=C/c3ccc(OC(C)C)c(OCC)c3)C2=O)cc1. The molecule has 34 heavy (non-hydrogen) atoms. The minimum absolute atomic E-state index is 0.0443. The van der Waals surface area contributed by atoms with Crippen molar-refractivity contribution < 1.29 is 28.6 Å². The Labute approximate surface area is 199 Å². The van der Waals surface area contributed by atoms with Gasteiger partial charge < -0.3 is 14.2 Å². The first-order valence-electron chi connectivity index (χ1n) is 11.4. The zero-order valence-electron chi connectivity index (χ0n) is 19.9. The molecule has 0 spiro atoms. The molecule has 1 saturated heterocycles. The van der Waals surface area contributed by atoms with Crippen molar-refractivity contribution in [2.45, 2.75) is 46.6 Å². The predicted octanol–water partition coefficient (Wildman–Crippen LogP) is 4.72. The zero-order valence-corrected chi connectivity index (χ0v) is 19.9. The highest BCUT2D eigenvalue weighted by Crippen LogP contribution is 2.31. The van der Waals surface area contributed by atoms with Gasteiger partial charge in [0.25, 0.3) is 11.8 Å². The number of hydrogen-bond acceptors (Lipinski definition) is 6. The Morgan fingerprint density at radius 2 is 1.71 bits per heavy atom. The molecule has 2 aromatic carbocycles. The van der Waals surface area contributed by atoms with Gasteiger partial charge in [-0.25, -0.2) is 9.69 Å². The summed E-state index contributed by atoms with van der Waals surface area (Å²) in [5.41, 5.74) is 0.731. The lowest BCUT2D eigenvalue weighted by atomic mass is 10.1. The number of ether oxygens (including phenoxy) is 3. The maximum absolute atomic E-state index is 13.2. The molecule has 0 saturated carbocycles. The smallest absolute Gasteiger partial charge is 0.335 e. The van der Waals surface area contributed by atoms with Crippen molar-refractivity contribution in [1.29, 1.82) is 0 Å². The van der Waals surface area contributed by atoms with Gasteiger partial charge in [0.2, 0.25) is 0 Å². The van der Waals surface area contributed by atoms with E-state index in [0.717, 1.165) is 17.7 Å². The largest absolute Gasteiger partial charge is 0.494 e. The van der Waals surface area contributed by atoms with E-state index in [0.29, 0.717) is 41.7 Å². The van der Waals surface area contributed by atoms with Crippen molar-refractivity contribution in [3.8, 4) is 17.2 Å². The molecule has 0 unspecified atom stereocenters. The quantitative estimate of drug-likeness (QED) is 0.309. The standard InChI is InChI=1S/C26H30N2O6/c1-5-7-14-33-20-11-9-19(10-12-20)28-25(30)21(24(29)27-26(28)31)15-18-8-13-22(34-17(3)4)23(16-18)32-6-2/h8-13,15-17H,5-7,14H2,1-4H3,(H,27,29,31)/b21-15-. The van der Waals surface area contributed by atoms with E-state index in [1.807, 2.05) is 20.8 Å². The number of hydrogen-bond donors (Lipinski definition) is 1. The van der Waals surface area contributed by atoms with Crippen LogP contribution >= 0.6 is 0 Å². The highest BCUT2D eigenvalue weighted by molar-refractivity contribution is 6.39. The number of unbranched alkanes of at least 4 members (excludes halogenated alkanes) is 1. The molecule has 0 atom stereocenters. The van der Waals surface area contributed by atoms with Crippen molar-refractivity contribution in [2.75, 3.05) is 18.1 Å². The van der Waals surface area contributed by atoms with E-state index in [2.05, 4.69) is 12.2 Å². The molecule has 0 bridgehead atoms. The fraction of sp³-hybridized carbons (Fsp3) is 0.346. The van der Waals surface area contributed by atoms with Crippen LogP contribution in [0.2, 0.25) is 0 Å². The highest BCUT2D eigenvalue weighted by Gasteiger charge is 2.36. The molecule has 1 aliphatic rings. The van der Waals surface area contributed by atoms with Crippen LogP contribution < -0.4 is 24.4 Å². The van der Waals surface area contributed by atoms with E-state index in [4.69, 9.17) is 14.2 Å². The van der Waals surface area contributed by atoms with E-state index in [9.17, 15) is 14.4 Å². The molecule has 1 aliphatic heterocycles. The Balaban J connectivity index is 1.87. The molecule has 180 valence electrons. The normalized spacial score (nSPS) is 15.0. The van der Waals surface area contributed by atoms with Gasteiger partial charge in [0.05, 0.1) is 25.0 Å². The van der Waals surface area contributed by atoms with Crippen molar-refractivity contribution in [2.24, 2.45) is 0 Å². The topological polar surface area (TPSA) is 94.2 Å². The third kappa shape index (κ3) is 5.95. The zero-order chi connectivity index (χ0) is 24.7. The van der Waals surface area contributed by atoms with E-state index in [1.165, 1.54) is 6.08 Å². The van der Waals surface area contributed by atoms with Gasteiger partial charge in [0.1, 0.15) is 11.3 Å². The number of carbonyl (C=O) groups excluding carboxylic acids is 3. The summed E-state index contributed by atoms with van der Waals surface area (Å²) in [4.78, 5) is 39.1. The summed E-state index contributed by atoms with van der Waals surface area (Å²) < 4.78 is 17.1. The fourth-order valence-electron chi connectivity index (χ4n) is 3.32. The van der Waals surface area contributed by atoms with Crippen molar-refractivity contribution in [3.05, 3.63) is 53.6 Å². The summed E-state index contributed by atoms with van der Waals surface area (Å²) in [6, 6.07) is 10.9. The first-order chi connectivity index (χ1) is 16.3. The highest BCUT2D eigenvalue weighted by atomic mass is 16.5. The molecular formula is C26H30N2O6. The molecule has 1 fully saturated rings. The Bertz CT molecular complexity index is 1080. The van der Waals surface area contributed by atoms with E-state index in [-0.39, 0.29) is 11.7 Å². The van der Waals surface area contributed by atoms with Gasteiger partial charge in [-0.2, -0.15) is 0 Å². The van der Waals surface area contributed by atoms with Crippen LogP contribution in [-0.2, 0) is 9.59 Å². The average molecular weight is 467 g/mol. The molecule has 4 amide bonds. The third-order valence-corrected chi connectivity index (χ3v) is 4.90. The lowest BCUT2D eigenvalue weighted by Gasteiger charge is -2.26. The van der Waals surface area contributed by atoms with Gasteiger partial charge in [-0.15, -0.1) is 0 Å². The maximum atomic E-state index is 13.2. The second-order valence-electron chi connectivity index (χ2n) is 7.96. The molecule has 1 heterocycles. The average Bonchev–Trinajstić information content (AvgIpc) is 2.79. The van der Waals surface area contributed by atoms with Crippen LogP contribution in [0.3, 0.4) is 0 Å². The van der Waals surface area contributed by atoms with Crippen molar-refractivity contribution in [3.63, 3.8) is 0 Å².